The first-order chi connectivity index (χ1) is 27.5. The molecule has 3 N–H and O–H groups in total. The molecule has 290 valence electrons. The zero-order valence-electron chi connectivity index (χ0n) is 31.7. The minimum Gasteiger partial charge on any atom is -0.438 e. The van der Waals surface area contributed by atoms with Crippen molar-refractivity contribution in [2.24, 2.45) is 0 Å². The van der Waals surface area contributed by atoms with Crippen LogP contribution < -0.4 is 16.0 Å². The number of carbonyl (C=O) groups is 5. The second-order valence-corrected chi connectivity index (χ2v) is 13.8. The molecule has 6 rings (SSSR count). The quantitative estimate of drug-likeness (QED) is 0.0664. The van der Waals surface area contributed by atoms with Crippen molar-refractivity contribution in [2.75, 3.05) is 30.8 Å². The van der Waals surface area contributed by atoms with Crippen molar-refractivity contribution in [2.45, 2.75) is 38.1 Å². The number of hydrogen-bond donors (Lipinski definition) is 3. The first kappa shape index (κ1) is 39.7. The van der Waals surface area contributed by atoms with Crippen molar-refractivity contribution >= 4 is 53.1 Å². The van der Waals surface area contributed by atoms with E-state index in [9.17, 15) is 24.0 Å². The van der Waals surface area contributed by atoms with Gasteiger partial charge in [-0.05, 0) is 83.6 Å². The molecular weight excluding hydrogens is 721 g/mol. The van der Waals surface area contributed by atoms with E-state index in [1.807, 2.05) is 97.1 Å². The molecule has 0 radical (unpaired) electrons. The number of carbonyl (C=O) groups excluding carboxylic acids is 5. The Labute approximate surface area is 331 Å². The molecule has 0 saturated carbocycles. The fourth-order valence-electron chi connectivity index (χ4n) is 6.14. The van der Waals surface area contributed by atoms with Crippen LogP contribution in [-0.2, 0) is 41.5 Å². The first-order valence-corrected chi connectivity index (χ1v) is 18.6. The maximum Gasteiger partial charge on any atom is 0.335 e. The molecule has 57 heavy (non-hydrogen) atoms. The largest absolute Gasteiger partial charge is 0.438 e. The van der Waals surface area contributed by atoms with Gasteiger partial charge in [0.2, 0.25) is 11.8 Å². The fraction of sp³-hybridized carbons (Fsp3) is 0.196. The lowest BCUT2D eigenvalue weighted by Crippen LogP contribution is -2.35. The Kier molecular flexibility index (Phi) is 12.9. The highest BCUT2D eigenvalue weighted by molar-refractivity contribution is 6.09. The summed E-state index contributed by atoms with van der Waals surface area (Å²) in [4.78, 5) is 62.2. The predicted octanol–water partition coefficient (Wildman–Crippen LogP) is 6.49. The molecule has 11 heteroatoms. The second-order valence-electron chi connectivity index (χ2n) is 13.8. The topological polar surface area (TPSA) is 143 Å². The van der Waals surface area contributed by atoms with Crippen LogP contribution >= 0.6 is 0 Å². The number of likely N-dealkylation sites (N-methyl/N-ethyl adjacent to an activating group) is 1. The standard InChI is InChI=1S/C46H44N4O7/c1-30-28-41(56-45(30)54)49-40(51)22-12-32-4-6-34(7-5-32)24-26-48-39-20-16-37(17-21-39)44(53)36-14-8-35(9-15-36)25-27-47-38-18-10-33(11-19-38)13-23-42(52)50(3)43-29-31(2)46(55)57-43/h4-23,41,43,47-48H,1-2,24-29H2,3H3,(H,49,51)/b22-12+,23-13+. The van der Waals surface area contributed by atoms with Crippen LogP contribution in [0.1, 0.15) is 51.0 Å². The van der Waals surface area contributed by atoms with Crippen molar-refractivity contribution in [3.8, 4) is 0 Å². The third-order valence-corrected chi connectivity index (χ3v) is 9.59. The maximum absolute atomic E-state index is 13.2. The smallest absolute Gasteiger partial charge is 0.335 e. The number of esters is 2. The van der Waals surface area contributed by atoms with E-state index in [1.165, 1.54) is 17.1 Å². The van der Waals surface area contributed by atoms with E-state index in [2.05, 4.69) is 29.1 Å². The summed E-state index contributed by atoms with van der Waals surface area (Å²) in [6.45, 7) is 8.67. The number of nitrogens with zero attached hydrogens (tertiary/aromatic N) is 1. The van der Waals surface area contributed by atoms with Gasteiger partial charge in [0.25, 0.3) is 0 Å². The van der Waals surface area contributed by atoms with Gasteiger partial charge >= 0.3 is 11.9 Å². The van der Waals surface area contributed by atoms with Gasteiger partial charge in [-0.25, -0.2) is 9.59 Å². The van der Waals surface area contributed by atoms with Gasteiger partial charge in [-0.1, -0.05) is 73.8 Å². The lowest BCUT2D eigenvalue weighted by molar-refractivity contribution is -0.150. The van der Waals surface area contributed by atoms with Gasteiger partial charge in [0.1, 0.15) is 0 Å². The van der Waals surface area contributed by atoms with E-state index >= 15 is 0 Å². The predicted molar refractivity (Wildman–Crippen MR) is 220 cm³/mol. The molecule has 4 aromatic carbocycles. The van der Waals surface area contributed by atoms with E-state index in [1.54, 1.807) is 19.2 Å². The van der Waals surface area contributed by atoms with Crippen LogP contribution in [0.3, 0.4) is 0 Å². The summed E-state index contributed by atoms with van der Waals surface area (Å²) in [7, 11) is 1.60. The second kappa shape index (κ2) is 18.5. The highest BCUT2D eigenvalue weighted by atomic mass is 16.6. The zero-order chi connectivity index (χ0) is 40.3. The summed E-state index contributed by atoms with van der Waals surface area (Å²) in [5, 5.41) is 9.44. The Balaban J connectivity index is 0.883. The highest BCUT2D eigenvalue weighted by Gasteiger charge is 2.32. The van der Waals surface area contributed by atoms with Crippen LogP contribution in [0.5, 0.6) is 0 Å². The summed E-state index contributed by atoms with van der Waals surface area (Å²) in [5.41, 5.74) is 7.79. The molecule has 0 spiro atoms. The van der Waals surface area contributed by atoms with Gasteiger partial charge in [-0.2, -0.15) is 0 Å². The average Bonchev–Trinajstić information content (AvgIpc) is 3.73. The number of amides is 2. The van der Waals surface area contributed by atoms with E-state index in [0.29, 0.717) is 41.8 Å². The molecule has 0 aliphatic carbocycles. The van der Waals surface area contributed by atoms with Gasteiger partial charge in [0.05, 0.1) is 0 Å². The SMILES string of the molecule is C=C1CC(NC(=O)/C=C/c2ccc(CCNc3ccc(C(=O)c4ccc(CCNc5ccc(/C=C/C(=O)N(C)C6CC(=C)C(=O)O6)cc5)cc4)cc3)cc2)OC1=O. The first-order valence-electron chi connectivity index (χ1n) is 18.6. The number of anilines is 2. The van der Waals surface area contributed by atoms with Crippen LogP contribution in [0.15, 0.2) is 134 Å². The Hall–Kier alpha value is -7.01. The number of hydrogen-bond acceptors (Lipinski definition) is 9. The van der Waals surface area contributed by atoms with Gasteiger partial charge < -0.3 is 30.3 Å². The summed E-state index contributed by atoms with van der Waals surface area (Å²) in [6.07, 6.45) is 7.13. The average molecular weight is 765 g/mol. The third kappa shape index (κ3) is 11.0. The molecule has 0 bridgehead atoms. The molecule has 2 fully saturated rings. The number of nitrogens with one attached hydrogen (secondary N) is 3. The summed E-state index contributed by atoms with van der Waals surface area (Å²) in [5.74, 6) is -1.61. The van der Waals surface area contributed by atoms with Crippen molar-refractivity contribution < 1.29 is 33.4 Å². The van der Waals surface area contributed by atoms with Gasteiger partial charge in [-0.3, -0.25) is 14.4 Å². The van der Waals surface area contributed by atoms with Crippen LogP contribution in [0, 0.1) is 0 Å². The Morgan fingerprint density at radius 1 is 0.667 bits per heavy atom. The Morgan fingerprint density at radius 3 is 1.67 bits per heavy atom. The zero-order valence-corrected chi connectivity index (χ0v) is 31.7. The highest BCUT2D eigenvalue weighted by Crippen LogP contribution is 2.22. The summed E-state index contributed by atoms with van der Waals surface area (Å²) >= 11 is 0. The van der Waals surface area contributed by atoms with E-state index in [4.69, 9.17) is 9.47 Å². The monoisotopic (exact) mass is 764 g/mol. The van der Waals surface area contributed by atoms with Crippen LogP contribution in [0.4, 0.5) is 11.4 Å². The number of rotatable bonds is 16. The molecule has 11 nitrogen and oxygen atoms in total. The van der Waals surface area contributed by atoms with Crippen LogP contribution in [0.25, 0.3) is 12.2 Å². The van der Waals surface area contributed by atoms with Gasteiger partial charge in [-0.15, -0.1) is 0 Å². The van der Waals surface area contributed by atoms with E-state index < -0.39 is 24.4 Å². The summed E-state index contributed by atoms with van der Waals surface area (Å²) < 4.78 is 10.2. The lowest BCUT2D eigenvalue weighted by atomic mass is 10.0. The van der Waals surface area contributed by atoms with Crippen molar-refractivity contribution in [1.82, 2.24) is 10.2 Å². The third-order valence-electron chi connectivity index (χ3n) is 9.59. The van der Waals surface area contributed by atoms with Crippen LogP contribution in [-0.4, -0.2) is 67.0 Å². The Bertz CT molecular complexity index is 2170. The lowest BCUT2D eigenvalue weighted by Gasteiger charge is -2.21. The fourth-order valence-corrected chi connectivity index (χ4v) is 6.14. The molecule has 2 saturated heterocycles. The molecule has 0 aromatic heterocycles. The molecule has 2 aliphatic heterocycles. The minimum atomic E-state index is -0.674. The number of cyclic esters (lactones) is 2. The normalized spacial score (nSPS) is 16.4. The Morgan fingerprint density at radius 2 is 1.14 bits per heavy atom. The summed E-state index contributed by atoms with van der Waals surface area (Å²) in [6, 6.07) is 30.8. The molecule has 2 atom stereocenters. The molecule has 2 aliphatic rings. The minimum absolute atomic E-state index is 0.0407. The van der Waals surface area contributed by atoms with Gasteiger partial charge in [0.15, 0.2) is 18.2 Å². The number of ketones is 1. The molecule has 2 heterocycles. The van der Waals surface area contributed by atoms with Crippen molar-refractivity contribution in [1.29, 1.82) is 0 Å². The molecular formula is C46H44N4O7. The maximum atomic E-state index is 13.2. The van der Waals surface area contributed by atoms with Gasteiger partial charge in [0, 0.05) is 78.8 Å². The molecule has 2 unspecified atom stereocenters. The van der Waals surface area contributed by atoms with E-state index in [0.717, 1.165) is 46.5 Å². The van der Waals surface area contributed by atoms with E-state index in [-0.39, 0.29) is 24.0 Å². The molecule has 4 aromatic rings. The molecule has 2 amide bonds. The van der Waals surface area contributed by atoms with Crippen LogP contribution in [0.2, 0.25) is 0 Å². The van der Waals surface area contributed by atoms with Crippen molar-refractivity contribution in [3.05, 3.63) is 167 Å². The number of benzene rings is 4. The number of ether oxygens (including phenoxy) is 2. The van der Waals surface area contributed by atoms with Crippen molar-refractivity contribution in [3.63, 3.8) is 0 Å².